The van der Waals surface area contributed by atoms with Gasteiger partial charge in [-0.05, 0) is 12.1 Å². The Kier molecular flexibility index (Phi) is 4.92. The lowest BCUT2D eigenvalue weighted by molar-refractivity contribution is 1.33. The van der Waals surface area contributed by atoms with Crippen molar-refractivity contribution in [2.24, 2.45) is 16.5 Å². The summed E-state index contributed by atoms with van der Waals surface area (Å²) in [5, 5.41) is 3.09. The second kappa shape index (κ2) is 6.00. The predicted octanol–water partition coefficient (Wildman–Crippen LogP) is 2.95. The highest BCUT2D eigenvalue weighted by atomic mass is 79.9. The number of hydrogen-bond donors (Lipinski definition) is 2. The molecule has 90 valence electrons. The fourth-order valence-electron chi connectivity index (χ4n) is 1.21. The molecule has 2 rings (SSSR count). The average molecular weight is 334 g/mol. The first kappa shape index (κ1) is 14.0. The molecule has 1 heterocycles. The van der Waals surface area contributed by atoms with Crippen molar-refractivity contribution in [1.82, 2.24) is 4.98 Å². The molecule has 1 aromatic carbocycles. The SMILES string of the molecule is Br.NC(N)=Nc1nc(-c2cccc(Cl)c2)cs1. The summed E-state index contributed by atoms with van der Waals surface area (Å²) in [6, 6.07) is 7.46. The molecule has 0 spiro atoms. The van der Waals surface area contributed by atoms with E-state index in [4.69, 9.17) is 23.1 Å². The van der Waals surface area contributed by atoms with Gasteiger partial charge in [0.05, 0.1) is 5.69 Å². The van der Waals surface area contributed by atoms with Crippen LogP contribution in [-0.4, -0.2) is 10.9 Å². The number of aromatic nitrogens is 1. The summed E-state index contributed by atoms with van der Waals surface area (Å²) in [5.74, 6) is 0.00648. The number of thiazole rings is 1. The summed E-state index contributed by atoms with van der Waals surface area (Å²) in [4.78, 5) is 8.15. The molecule has 0 saturated heterocycles. The highest BCUT2D eigenvalue weighted by Crippen LogP contribution is 2.27. The van der Waals surface area contributed by atoms with E-state index in [0.717, 1.165) is 11.3 Å². The van der Waals surface area contributed by atoms with Crippen LogP contribution >= 0.6 is 39.9 Å². The minimum Gasteiger partial charge on any atom is -0.370 e. The molecule has 0 fully saturated rings. The molecule has 4 N–H and O–H groups in total. The number of halogens is 2. The van der Waals surface area contributed by atoms with Crippen molar-refractivity contribution in [2.45, 2.75) is 0 Å². The number of aliphatic imine (C=N–C) groups is 1. The van der Waals surface area contributed by atoms with E-state index in [1.807, 2.05) is 29.6 Å². The summed E-state index contributed by atoms with van der Waals surface area (Å²) < 4.78 is 0. The first-order valence-corrected chi connectivity index (χ1v) is 5.72. The standard InChI is InChI=1S/C10H9ClN4S.BrH/c11-7-3-1-2-6(4-7)8-5-16-10(14-8)15-9(12)13;/h1-5H,(H4,12,13,14,15);1H. The van der Waals surface area contributed by atoms with Crippen LogP contribution in [0.4, 0.5) is 5.13 Å². The monoisotopic (exact) mass is 332 g/mol. The number of nitrogens with two attached hydrogens (primary N) is 2. The highest BCUT2D eigenvalue weighted by molar-refractivity contribution is 8.93. The van der Waals surface area contributed by atoms with Gasteiger partial charge in [-0.25, -0.2) is 4.98 Å². The zero-order valence-electron chi connectivity index (χ0n) is 8.63. The second-order valence-corrected chi connectivity index (χ2v) is 4.34. The van der Waals surface area contributed by atoms with Crippen LogP contribution in [0, 0.1) is 0 Å². The molecule has 0 amide bonds. The molecule has 0 saturated carbocycles. The number of nitrogens with zero attached hydrogens (tertiary/aromatic N) is 2. The molecule has 1 aromatic heterocycles. The lowest BCUT2D eigenvalue weighted by Crippen LogP contribution is -2.21. The highest BCUT2D eigenvalue weighted by Gasteiger charge is 2.04. The number of guanidine groups is 1. The fraction of sp³-hybridized carbons (Fsp3) is 0. The third-order valence-electron chi connectivity index (χ3n) is 1.84. The Morgan fingerprint density at radius 1 is 1.35 bits per heavy atom. The Bertz CT molecular complexity index is 537. The van der Waals surface area contributed by atoms with Crippen molar-refractivity contribution in [3.8, 4) is 11.3 Å². The van der Waals surface area contributed by atoms with Crippen molar-refractivity contribution in [2.75, 3.05) is 0 Å². The molecular formula is C10H10BrClN4S. The Morgan fingerprint density at radius 2 is 2.12 bits per heavy atom. The van der Waals surface area contributed by atoms with Gasteiger partial charge in [0.15, 0.2) is 5.96 Å². The summed E-state index contributed by atoms with van der Waals surface area (Å²) in [6.45, 7) is 0. The van der Waals surface area contributed by atoms with Crippen molar-refractivity contribution >= 4 is 51.0 Å². The van der Waals surface area contributed by atoms with E-state index >= 15 is 0 Å². The Balaban J connectivity index is 0.00000144. The third kappa shape index (κ3) is 3.69. The van der Waals surface area contributed by atoms with Crippen LogP contribution in [-0.2, 0) is 0 Å². The quantitative estimate of drug-likeness (QED) is 0.655. The molecule has 0 bridgehead atoms. The van der Waals surface area contributed by atoms with Gasteiger partial charge in [0.1, 0.15) is 0 Å². The van der Waals surface area contributed by atoms with Gasteiger partial charge in [-0.3, -0.25) is 0 Å². The van der Waals surface area contributed by atoms with Gasteiger partial charge in [-0.1, -0.05) is 23.7 Å². The topological polar surface area (TPSA) is 77.3 Å². The average Bonchev–Trinajstić information content (AvgIpc) is 2.65. The number of rotatable bonds is 2. The zero-order chi connectivity index (χ0) is 11.5. The molecule has 0 aliphatic rings. The van der Waals surface area contributed by atoms with E-state index in [2.05, 4.69) is 9.98 Å². The first-order chi connectivity index (χ1) is 7.65. The molecule has 0 aliphatic heterocycles. The molecular weight excluding hydrogens is 324 g/mol. The van der Waals surface area contributed by atoms with Crippen LogP contribution < -0.4 is 11.5 Å². The van der Waals surface area contributed by atoms with Crippen LogP contribution in [0.3, 0.4) is 0 Å². The van der Waals surface area contributed by atoms with Crippen LogP contribution in [0.25, 0.3) is 11.3 Å². The van der Waals surface area contributed by atoms with E-state index in [9.17, 15) is 0 Å². The van der Waals surface area contributed by atoms with Gasteiger partial charge >= 0.3 is 0 Å². The molecule has 0 radical (unpaired) electrons. The molecule has 0 aliphatic carbocycles. The summed E-state index contributed by atoms with van der Waals surface area (Å²) in [5.41, 5.74) is 12.3. The maximum Gasteiger partial charge on any atom is 0.212 e. The molecule has 2 aromatic rings. The minimum absolute atomic E-state index is 0. The van der Waals surface area contributed by atoms with E-state index in [1.54, 1.807) is 0 Å². The second-order valence-electron chi connectivity index (χ2n) is 3.06. The summed E-state index contributed by atoms with van der Waals surface area (Å²) in [6.07, 6.45) is 0. The molecule has 4 nitrogen and oxygen atoms in total. The third-order valence-corrected chi connectivity index (χ3v) is 2.81. The lowest BCUT2D eigenvalue weighted by atomic mass is 10.2. The van der Waals surface area contributed by atoms with Gasteiger partial charge in [0.25, 0.3) is 0 Å². The van der Waals surface area contributed by atoms with Crippen molar-refractivity contribution in [3.63, 3.8) is 0 Å². The first-order valence-electron chi connectivity index (χ1n) is 4.46. The van der Waals surface area contributed by atoms with Gasteiger partial charge in [-0.15, -0.1) is 28.3 Å². The van der Waals surface area contributed by atoms with E-state index in [0.29, 0.717) is 10.2 Å². The lowest BCUT2D eigenvalue weighted by Gasteiger charge is -1.96. The molecule has 0 atom stereocenters. The van der Waals surface area contributed by atoms with E-state index < -0.39 is 0 Å². The van der Waals surface area contributed by atoms with Crippen molar-refractivity contribution in [3.05, 3.63) is 34.7 Å². The van der Waals surface area contributed by atoms with Crippen LogP contribution in [0.1, 0.15) is 0 Å². The summed E-state index contributed by atoms with van der Waals surface area (Å²) >= 11 is 7.27. The van der Waals surface area contributed by atoms with Crippen molar-refractivity contribution in [1.29, 1.82) is 0 Å². The van der Waals surface area contributed by atoms with Crippen LogP contribution in [0.2, 0.25) is 5.02 Å². The van der Waals surface area contributed by atoms with E-state index in [-0.39, 0.29) is 22.9 Å². The van der Waals surface area contributed by atoms with Gasteiger partial charge in [-0.2, -0.15) is 4.99 Å². The van der Waals surface area contributed by atoms with Gasteiger partial charge < -0.3 is 11.5 Å². The van der Waals surface area contributed by atoms with Gasteiger partial charge in [0.2, 0.25) is 5.13 Å². The smallest absolute Gasteiger partial charge is 0.212 e. The zero-order valence-corrected chi connectivity index (χ0v) is 11.9. The molecule has 0 unspecified atom stereocenters. The molecule has 7 heteroatoms. The number of hydrogen-bond acceptors (Lipinski definition) is 3. The van der Waals surface area contributed by atoms with Crippen molar-refractivity contribution < 1.29 is 0 Å². The van der Waals surface area contributed by atoms with Crippen LogP contribution in [0.15, 0.2) is 34.6 Å². The maximum atomic E-state index is 5.89. The molecule has 17 heavy (non-hydrogen) atoms. The normalized spacial score (nSPS) is 9.47. The fourth-order valence-corrected chi connectivity index (χ4v) is 2.11. The Morgan fingerprint density at radius 3 is 2.76 bits per heavy atom. The Hall–Kier alpha value is -1.11. The van der Waals surface area contributed by atoms with Gasteiger partial charge in [0, 0.05) is 16.0 Å². The minimum atomic E-state index is 0. The predicted molar refractivity (Wildman–Crippen MR) is 78.4 cm³/mol. The number of benzene rings is 1. The maximum absolute atomic E-state index is 5.89. The Labute approximate surface area is 118 Å². The largest absolute Gasteiger partial charge is 0.370 e. The van der Waals surface area contributed by atoms with Crippen LogP contribution in [0.5, 0.6) is 0 Å². The summed E-state index contributed by atoms with van der Waals surface area (Å²) in [7, 11) is 0. The van der Waals surface area contributed by atoms with E-state index in [1.165, 1.54) is 11.3 Å².